The van der Waals surface area contributed by atoms with Gasteiger partial charge in [-0.1, -0.05) is 31.4 Å². The molecule has 1 aliphatic heterocycles. The second-order valence-electron chi connectivity index (χ2n) is 9.18. The van der Waals surface area contributed by atoms with E-state index in [1.165, 1.54) is 51.5 Å². The van der Waals surface area contributed by atoms with Gasteiger partial charge in [-0.25, -0.2) is 0 Å². The number of hydrogen-bond donors (Lipinski definition) is 2. The first kappa shape index (κ1) is 26.9. The Labute approximate surface area is 211 Å². The van der Waals surface area contributed by atoms with Crippen LogP contribution in [0.3, 0.4) is 0 Å². The van der Waals surface area contributed by atoms with Crippen LogP contribution in [-0.4, -0.2) is 74.0 Å². The Morgan fingerprint density at radius 2 is 1.94 bits per heavy atom. The zero-order valence-corrected chi connectivity index (χ0v) is 22.4. The lowest BCUT2D eigenvalue weighted by Crippen LogP contribution is -2.53. The molecular formula is C25H42IN5O. The van der Waals surface area contributed by atoms with Crippen molar-refractivity contribution >= 4 is 35.8 Å². The molecule has 1 aromatic rings. The summed E-state index contributed by atoms with van der Waals surface area (Å²) in [5.74, 6) is 0.957. The van der Waals surface area contributed by atoms with Crippen molar-refractivity contribution in [1.82, 2.24) is 20.4 Å². The zero-order chi connectivity index (χ0) is 22.1. The molecule has 1 aliphatic carbocycles. The second-order valence-corrected chi connectivity index (χ2v) is 9.18. The van der Waals surface area contributed by atoms with Crippen LogP contribution in [0.1, 0.15) is 67.8 Å². The number of nitrogens with one attached hydrogen (secondary N) is 2. The lowest BCUT2D eigenvalue weighted by atomic mass is 9.92. The number of likely N-dealkylation sites (tertiary alicyclic amines) is 1. The molecule has 180 valence electrons. The molecule has 7 heteroatoms. The first-order valence-electron chi connectivity index (χ1n) is 12.2. The van der Waals surface area contributed by atoms with Crippen molar-refractivity contribution in [3.8, 4) is 0 Å². The Morgan fingerprint density at radius 3 is 2.66 bits per heavy atom. The van der Waals surface area contributed by atoms with Crippen molar-refractivity contribution in [2.75, 3.05) is 40.3 Å². The summed E-state index contributed by atoms with van der Waals surface area (Å²) in [6.45, 7) is 6.05. The van der Waals surface area contributed by atoms with Crippen LogP contribution in [0.15, 0.2) is 29.3 Å². The van der Waals surface area contributed by atoms with E-state index in [1.807, 2.05) is 18.2 Å². The van der Waals surface area contributed by atoms with Crippen LogP contribution in [-0.2, 0) is 6.42 Å². The molecule has 1 aromatic carbocycles. The van der Waals surface area contributed by atoms with Crippen LogP contribution in [0.4, 0.5) is 0 Å². The minimum atomic E-state index is 0. The van der Waals surface area contributed by atoms with Crippen LogP contribution in [0.2, 0.25) is 0 Å². The van der Waals surface area contributed by atoms with Crippen molar-refractivity contribution in [2.45, 2.75) is 70.4 Å². The van der Waals surface area contributed by atoms with E-state index in [-0.39, 0.29) is 29.9 Å². The summed E-state index contributed by atoms with van der Waals surface area (Å²) in [6, 6.07) is 9.15. The molecule has 1 saturated carbocycles. The van der Waals surface area contributed by atoms with E-state index < -0.39 is 0 Å². The molecule has 1 unspecified atom stereocenters. The number of aliphatic imine (C=N–C) groups is 1. The van der Waals surface area contributed by atoms with E-state index in [2.05, 4.69) is 28.5 Å². The van der Waals surface area contributed by atoms with E-state index in [4.69, 9.17) is 4.99 Å². The van der Waals surface area contributed by atoms with Gasteiger partial charge in [0.1, 0.15) is 0 Å². The Hall–Kier alpha value is -1.35. The number of carbonyl (C=O) groups is 1. The SMILES string of the molecule is CCNC(=NCCc1cccc(C(=O)N(C)C)c1)NC1CCCN(C2CCCCC2)C1.I. The Balaban J connectivity index is 0.00000363. The van der Waals surface area contributed by atoms with Crippen molar-refractivity contribution in [3.63, 3.8) is 0 Å². The number of hydrogen-bond acceptors (Lipinski definition) is 3. The minimum Gasteiger partial charge on any atom is -0.357 e. The van der Waals surface area contributed by atoms with Crippen LogP contribution < -0.4 is 10.6 Å². The molecule has 0 radical (unpaired) electrons. The van der Waals surface area contributed by atoms with Gasteiger partial charge in [0, 0.05) is 51.4 Å². The van der Waals surface area contributed by atoms with Gasteiger partial charge in [0.2, 0.25) is 0 Å². The average Bonchev–Trinajstić information content (AvgIpc) is 2.79. The number of guanidine groups is 1. The highest BCUT2D eigenvalue weighted by Crippen LogP contribution is 2.25. The second kappa shape index (κ2) is 14.0. The molecule has 0 aromatic heterocycles. The third kappa shape index (κ3) is 8.21. The topological polar surface area (TPSA) is 60.0 Å². The summed E-state index contributed by atoms with van der Waals surface area (Å²) in [6.07, 6.45) is 10.2. The summed E-state index contributed by atoms with van der Waals surface area (Å²) in [5, 5.41) is 7.11. The lowest BCUT2D eigenvalue weighted by Gasteiger charge is -2.40. The quantitative estimate of drug-likeness (QED) is 0.305. The van der Waals surface area contributed by atoms with Crippen LogP contribution in [0, 0.1) is 0 Å². The van der Waals surface area contributed by atoms with Crippen molar-refractivity contribution in [2.24, 2.45) is 4.99 Å². The van der Waals surface area contributed by atoms with Crippen molar-refractivity contribution < 1.29 is 4.79 Å². The molecule has 32 heavy (non-hydrogen) atoms. The Morgan fingerprint density at radius 1 is 1.16 bits per heavy atom. The predicted molar refractivity (Wildman–Crippen MR) is 144 cm³/mol. The molecule has 2 aliphatic rings. The molecule has 0 bridgehead atoms. The Bertz CT molecular complexity index is 733. The fourth-order valence-corrected chi connectivity index (χ4v) is 4.83. The molecule has 1 saturated heterocycles. The lowest BCUT2D eigenvalue weighted by molar-refractivity contribution is 0.0827. The summed E-state index contributed by atoms with van der Waals surface area (Å²) in [7, 11) is 3.57. The molecule has 2 fully saturated rings. The van der Waals surface area contributed by atoms with E-state index in [0.29, 0.717) is 12.6 Å². The summed E-state index contributed by atoms with van der Waals surface area (Å²) in [4.78, 5) is 21.4. The van der Waals surface area contributed by atoms with Gasteiger partial charge in [-0.15, -0.1) is 24.0 Å². The molecule has 2 N–H and O–H groups in total. The molecule has 1 atom stereocenters. The predicted octanol–water partition coefficient (Wildman–Crippen LogP) is 3.90. The molecule has 6 nitrogen and oxygen atoms in total. The fraction of sp³-hybridized carbons (Fsp3) is 0.680. The van der Waals surface area contributed by atoms with Gasteiger partial charge in [-0.05, 0) is 63.3 Å². The number of amides is 1. The summed E-state index contributed by atoms with van der Waals surface area (Å²) >= 11 is 0. The van der Waals surface area contributed by atoms with Crippen LogP contribution in [0.25, 0.3) is 0 Å². The number of halogens is 1. The maximum absolute atomic E-state index is 12.2. The molecule has 0 spiro atoms. The van der Waals surface area contributed by atoms with Gasteiger partial charge in [-0.2, -0.15) is 0 Å². The summed E-state index contributed by atoms with van der Waals surface area (Å²) in [5.41, 5.74) is 1.88. The van der Waals surface area contributed by atoms with E-state index >= 15 is 0 Å². The summed E-state index contributed by atoms with van der Waals surface area (Å²) < 4.78 is 0. The first-order valence-corrected chi connectivity index (χ1v) is 12.2. The number of piperidine rings is 1. The third-order valence-electron chi connectivity index (χ3n) is 6.48. The first-order chi connectivity index (χ1) is 15.1. The Kier molecular flexibility index (Phi) is 11.8. The average molecular weight is 556 g/mol. The van der Waals surface area contributed by atoms with Gasteiger partial charge in [0.25, 0.3) is 5.91 Å². The number of nitrogens with zero attached hydrogens (tertiary/aromatic N) is 3. The largest absolute Gasteiger partial charge is 0.357 e. The third-order valence-corrected chi connectivity index (χ3v) is 6.48. The van der Waals surface area contributed by atoms with Crippen LogP contribution in [0.5, 0.6) is 0 Å². The highest BCUT2D eigenvalue weighted by atomic mass is 127. The fourth-order valence-electron chi connectivity index (χ4n) is 4.83. The van der Waals surface area contributed by atoms with Gasteiger partial charge in [-0.3, -0.25) is 14.7 Å². The molecule has 3 rings (SSSR count). The normalized spacial score (nSPS) is 20.3. The maximum atomic E-state index is 12.2. The minimum absolute atomic E-state index is 0. The monoisotopic (exact) mass is 555 g/mol. The highest BCUT2D eigenvalue weighted by molar-refractivity contribution is 14.0. The van der Waals surface area contributed by atoms with E-state index in [9.17, 15) is 4.79 Å². The zero-order valence-electron chi connectivity index (χ0n) is 20.1. The molecular weight excluding hydrogens is 513 g/mol. The number of benzene rings is 1. The van der Waals surface area contributed by atoms with Gasteiger partial charge >= 0.3 is 0 Å². The van der Waals surface area contributed by atoms with Gasteiger partial charge in [0.05, 0.1) is 0 Å². The van der Waals surface area contributed by atoms with Gasteiger partial charge < -0.3 is 15.5 Å². The van der Waals surface area contributed by atoms with Gasteiger partial charge in [0.15, 0.2) is 5.96 Å². The molecule has 1 heterocycles. The number of rotatable bonds is 7. The maximum Gasteiger partial charge on any atom is 0.253 e. The van der Waals surface area contributed by atoms with Crippen molar-refractivity contribution in [1.29, 1.82) is 0 Å². The van der Waals surface area contributed by atoms with E-state index in [1.54, 1.807) is 19.0 Å². The van der Waals surface area contributed by atoms with Crippen molar-refractivity contribution in [3.05, 3.63) is 35.4 Å². The highest BCUT2D eigenvalue weighted by Gasteiger charge is 2.27. The molecule has 1 amide bonds. The van der Waals surface area contributed by atoms with Crippen LogP contribution >= 0.6 is 24.0 Å². The van der Waals surface area contributed by atoms with E-state index in [0.717, 1.165) is 42.6 Å². The number of carbonyl (C=O) groups excluding carboxylic acids is 1. The smallest absolute Gasteiger partial charge is 0.253 e. The standard InChI is InChI=1S/C25H41N5O.HI/c1-4-26-25(27-16-15-20-10-8-11-21(18-20)24(31)29(2)3)28-22-12-9-17-30(19-22)23-13-6-5-7-14-23;/h8,10-11,18,22-23H,4-7,9,12-17,19H2,1-3H3,(H2,26,27,28);1H.